The maximum absolute atomic E-state index is 13.1. The highest BCUT2D eigenvalue weighted by Gasteiger charge is 2.21. The molecule has 0 atom stereocenters. The van der Waals surface area contributed by atoms with E-state index in [4.69, 9.17) is 22.3 Å². The zero-order valence-electron chi connectivity index (χ0n) is 18.5. The molecule has 3 aromatic carbocycles. The molecule has 2 aromatic heterocycles. The molecule has 34 heavy (non-hydrogen) atoms. The third-order valence-corrected chi connectivity index (χ3v) is 7.05. The minimum Gasteiger partial charge on any atom is -0.397 e. The van der Waals surface area contributed by atoms with Crippen LogP contribution in [0.25, 0.3) is 32.6 Å². The number of nitrogen functional groups attached to an aromatic ring is 1. The highest BCUT2D eigenvalue weighted by Crippen LogP contribution is 2.41. The summed E-state index contributed by atoms with van der Waals surface area (Å²) < 4.78 is 0. The normalized spacial score (nSPS) is 11.0. The van der Waals surface area contributed by atoms with Gasteiger partial charge >= 0.3 is 0 Å². The van der Waals surface area contributed by atoms with Crippen LogP contribution in [0, 0.1) is 6.92 Å². The van der Waals surface area contributed by atoms with E-state index in [1.54, 1.807) is 0 Å². The van der Waals surface area contributed by atoms with Crippen molar-refractivity contribution in [2.24, 2.45) is 0 Å². The zero-order chi connectivity index (χ0) is 23.7. The standard InChI is InChI=1S/C28H22ClN3OS/c1-17-7-9-20(10-8-17)23-15-22(19-11-13-21(29)14-12-19)24-25(30)26(34-28(24)32-23)27(33)31-16-18-5-3-2-4-6-18/h2-15H,16,30H2,1H3,(H,31,33). The summed E-state index contributed by atoms with van der Waals surface area (Å²) in [4.78, 5) is 19.2. The predicted molar refractivity (Wildman–Crippen MR) is 142 cm³/mol. The molecule has 0 spiro atoms. The van der Waals surface area contributed by atoms with Crippen molar-refractivity contribution in [3.05, 3.63) is 106 Å². The Hall–Kier alpha value is -3.67. The molecule has 0 radical (unpaired) electrons. The fourth-order valence-electron chi connectivity index (χ4n) is 3.88. The molecule has 6 heteroatoms. The van der Waals surface area contributed by atoms with E-state index in [1.807, 2.05) is 60.7 Å². The lowest BCUT2D eigenvalue weighted by molar-refractivity contribution is 0.0956. The van der Waals surface area contributed by atoms with Gasteiger partial charge in [0.1, 0.15) is 9.71 Å². The maximum Gasteiger partial charge on any atom is 0.263 e. The summed E-state index contributed by atoms with van der Waals surface area (Å²) in [6.45, 7) is 2.49. The van der Waals surface area contributed by atoms with Gasteiger partial charge in [0.15, 0.2) is 0 Å². The Morgan fingerprint density at radius 3 is 2.35 bits per heavy atom. The van der Waals surface area contributed by atoms with Gasteiger partial charge in [-0.2, -0.15) is 0 Å². The lowest BCUT2D eigenvalue weighted by Crippen LogP contribution is -2.22. The van der Waals surface area contributed by atoms with E-state index in [-0.39, 0.29) is 5.91 Å². The highest BCUT2D eigenvalue weighted by atomic mass is 35.5. The Morgan fingerprint density at radius 2 is 1.65 bits per heavy atom. The van der Waals surface area contributed by atoms with Crippen molar-refractivity contribution in [1.29, 1.82) is 0 Å². The van der Waals surface area contributed by atoms with Crippen LogP contribution < -0.4 is 11.1 Å². The lowest BCUT2D eigenvalue weighted by Gasteiger charge is -2.09. The first-order valence-electron chi connectivity index (χ1n) is 10.9. The summed E-state index contributed by atoms with van der Waals surface area (Å²) in [5.41, 5.74) is 12.9. The molecular formula is C28H22ClN3OS. The minimum atomic E-state index is -0.205. The van der Waals surface area contributed by atoms with Gasteiger partial charge in [-0.15, -0.1) is 11.3 Å². The van der Waals surface area contributed by atoms with Crippen LogP contribution in [0.15, 0.2) is 84.9 Å². The van der Waals surface area contributed by atoms with Crippen molar-refractivity contribution >= 4 is 44.7 Å². The number of hydrogen-bond acceptors (Lipinski definition) is 4. The second-order valence-electron chi connectivity index (χ2n) is 8.12. The highest BCUT2D eigenvalue weighted by molar-refractivity contribution is 7.21. The molecule has 0 aliphatic carbocycles. The Kier molecular flexibility index (Phi) is 6.05. The number of halogens is 1. The molecule has 1 amide bonds. The van der Waals surface area contributed by atoms with Crippen LogP contribution in [0.5, 0.6) is 0 Å². The molecule has 0 fully saturated rings. The summed E-state index contributed by atoms with van der Waals surface area (Å²) >= 11 is 7.45. The molecule has 3 N–H and O–H groups in total. The van der Waals surface area contributed by atoms with Gasteiger partial charge in [-0.25, -0.2) is 4.98 Å². The Morgan fingerprint density at radius 1 is 0.971 bits per heavy atom. The zero-order valence-corrected chi connectivity index (χ0v) is 20.1. The largest absolute Gasteiger partial charge is 0.397 e. The third kappa shape index (κ3) is 4.40. The number of hydrogen-bond donors (Lipinski definition) is 2. The number of anilines is 1. The second kappa shape index (κ2) is 9.29. The average Bonchev–Trinajstić information content (AvgIpc) is 3.20. The van der Waals surface area contributed by atoms with Gasteiger partial charge in [-0.3, -0.25) is 4.79 Å². The second-order valence-corrected chi connectivity index (χ2v) is 9.56. The Balaban J connectivity index is 1.61. The molecule has 0 aliphatic rings. The SMILES string of the molecule is Cc1ccc(-c2cc(-c3ccc(Cl)cc3)c3c(N)c(C(=O)NCc4ccccc4)sc3n2)cc1. The number of nitrogens with zero attached hydrogens (tertiary/aromatic N) is 1. The van der Waals surface area contributed by atoms with Gasteiger partial charge in [0.25, 0.3) is 5.91 Å². The number of rotatable bonds is 5. The van der Waals surface area contributed by atoms with Gasteiger partial charge in [0, 0.05) is 22.5 Å². The van der Waals surface area contributed by atoms with Crippen molar-refractivity contribution in [3.8, 4) is 22.4 Å². The summed E-state index contributed by atoms with van der Waals surface area (Å²) in [5, 5.41) is 4.43. The van der Waals surface area contributed by atoms with E-state index in [1.165, 1.54) is 16.9 Å². The smallest absolute Gasteiger partial charge is 0.263 e. The number of aryl methyl sites for hydroxylation is 1. The Labute approximate surface area is 207 Å². The number of pyridine rings is 1. The van der Waals surface area contributed by atoms with Crippen LogP contribution in [0.1, 0.15) is 20.8 Å². The van der Waals surface area contributed by atoms with E-state index in [9.17, 15) is 4.79 Å². The van der Waals surface area contributed by atoms with Crippen LogP contribution in [-0.4, -0.2) is 10.9 Å². The number of nitrogens with two attached hydrogens (primary N) is 1. The minimum absolute atomic E-state index is 0.205. The monoisotopic (exact) mass is 483 g/mol. The first kappa shape index (κ1) is 22.1. The number of aromatic nitrogens is 1. The van der Waals surface area contributed by atoms with Crippen molar-refractivity contribution in [1.82, 2.24) is 10.3 Å². The maximum atomic E-state index is 13.1. The van der Waals surface area contributed by atoms with Crippen molar-refractivity contribution in [3.63, 3.8) is 0 Å². The number of nitrogens with one attached hydrogen (secondary N) is 1. The van der Waals surface area contributed by atoms with Crippen molar-refractivity contribution in [2.45, 2.75) is 13.5 Å². The van der Waals surface area contributed by atoms with E-state index in [0.717, 1.165) is 38.2 Å². The third-order valence-electron chi connectivity index (χ3n) is 5.70. The van der Waals surface area contributed by atoms with Crippen LogP contribution in [-0.2, 0) is 6.54 Å². The van der Waals surface area contributed by atoms with Gasteiger partial charge in [0.2, 0.25) is 0 Å². The summed E-state index contributed by atoms with van der Waals surface area (Å²) in [5.74, 6) is -0.205. The number of fused-ring (bicyclic) bond motifs is 1. The average molecular weight is 484 g/mol. The summed E-state index contributed by atoms with van der Waals surface area (Å²) in [7, 11) is 0. The topological polar surface area (TPSA) is 68.0 Å². The molecule has 4 nitrogen and oxygen atoms in total. The van der Waals surface area contributed by atoms with Gasteiger partial charge < -0.3 is 11.1 Å². The van der Waals surface area contributed by atoms with Crippen LogP contribution in [0.3, 0.4) is 0 Å². The van der Waals surface area contributed by atoms with Crippen LogP contribution >= 0.6 is 22.9 Å². The molecular weight excluding hydrogens is 462 g/mol. The Bertz CT molecular complexity index is 1480. The lowest BCUT2D eigenvalue weighted by atomic mass is 9.99. The fourth-order valence-corrected chi connectivity index (χ4v) is 5.04. The van der Waals surface area contributed by atoms with E-state index >= 15 is 0 Å². The predicted octanol–water partition coefficient (Wildman–Crippen LogP) is 7.10. The number of carbonyl (C=O) groups excluding carboxylic acids is 1. The van der Waals surface area contributed by atoms with E-state index < -0.39 is 0 Å². The molecule has 0 unspecified atom stereocenters. The van der Waals surface area contributed by atoms with Gasteiger partial charge in [0.05, 0.1) is 11.4 Å². The summed E-state index contributed by atoms with van der Waals surface area (Å²) in [6.07, 6.45) is 0. The number of thiophene rings is 1. The molecule has 0 saturated carbocycles. The molecule has 168 valence electrons. The number of amides is 1. The van der Waals surface area contributed by atoms with Crippen molar-refractivity contribution < 1.29 is 4.79 Å². The molecule has 0 bridgehead atoms. The molecule has 5 aromatic rings. The first-order valence-corrected chi connectivity index (χ1v) is 12.1. The van der Waals surface area contributed by atoms with E-state index in [2.05, 4.69) is 36.5 Å². The number of carbonyl (C=O) groups is 1. The molecule has 0 saturated heterocycles. The van der Waals surface area contributed by atoms with Gasteiger partial charge in [-0.05, 0) is 41.8 Å². The molecule has 0 aliphatic heterocycles. The number of benzene rings is 3. The van der Waals surface area contributed by atoms with Crippen molar-refractivity contribution in [2.75, 3.05) is 5.73 Å². The van der Waals surface area contributed by atoms with Crippen LogP contribution in [0.4, 0.5) is 5.69 Å². The van der Waals surface area contributed by atoms with Gasteiger partial charge in [-0.1, -0.05) is 83.9 Å². The fraction of sp³-hybridized carbons (Fsp3) is 0.0714. The first-order chi connectivity index (χ1) is 16.5. The molecule has 5 rings (SSSR count). The van der Waals surface area contributed by atoms with E-state index in [0.29, 0.717) is 22.1 Å². The summed E-state index contributed by atoms with van der Waals surface area (Å²) in [6, 6.07) is 27.7. The van der Waals surface area contributed by atoms with Crippen LogP contribution in [0.2, 0.25) is 5.02 Å². The molecule has 2 heterocycles. The quantitative estimate of drug-likeness (QED) is 0.280.